The molecule has 0 radical (unpaired) electrons. The predicted molar refractivity (Wildman–Crippen MR) is 30.4 cm³/mol. The molecule has 1 atom stereocenters. The molecule has 0 saturated carbocycles. The number of halogens is 3. The Morgan fingerprint density at radius 2 is 2.17 bits per heavy atom. The molecular formula is C5H6F3NO3. The molecule has 0 aromatic carbocycles. The van der Waals surface area contributed by atoms with Crippen molar-refractivity contribution < 1.29 is 27.8 Å². The molecule has 1 saturated heterocycles. The first-order chi connectivity index (χ1) is 5.40. The third-order valence-electron chi connectivity index (χ3n) is 1.49. The summed E-state index contributed by atoms with van der Waals surface area (Å²) in [6, 6.07) is 0. The van der Waals surface area contributed by atoms with E-state index in [-0.39, 0.29) is 13.2 Å². The number of hydrogen-bond acceptors (Lipinski definition) is 3. The Balaban J connectivity index is 2.94. The topological polar surface area (TPSA) is 58.6 Å². The number of aliphatic carboxylic acids is 1. The number of carboxylic acid groups (broad SMARTS) is 1. The fraction of sp³-hybridized carbons (Fsp3) is 0.800. The Kier molecular flexibility index (Phi) is 2.01. The first-order valence-corrected chi connectivity index (χ1v) is 3.09. The van der Waals surface area contributed by atoms with Gasteiger partial charge in [-0.3, -0.25) is 5.32 Å². The average Bonchev–Trinajstić information content (AvgIpc) is 2.31. The first-order valence-electron chi connectivity index (χ1n) is 3.09. The quantitative estimate of drug-likeness (QED) is 0.601. The monoisotopic (exact) mass is 185 g/mol. The maximum atomic E-state index is 12.1. The smallest absolute Gasteiger partial charge is 0.442 e. The zero-order chi connectivity index (χ0) is 9.41. The first kappa shape index (κ1) is 9.27. The van der Waals surface area contributed by atoms with E-state index in [1.54, 1.807) is 5.32 Å². The highest BCUT2D eigenvalue weighted by atomic mass is 19.4. The minimum atomic E-state index is -4.94. The van der Waals surface area contributed by atoms with Crippen molar-refractivity contribution in [1.29, 1.82) is 0 Å². The van der Waals surface area contributed by atoms with Gasteiger partial charge in [-0.05, 0) is 0 Å². The number of carboxylic acids is 1. The highest BCUT2D eigenvalue weighted by Gasteiger charge is 2.64. The summed E-state index contributed by atoms with van der Waals surface area (Å²) >= 11 is 0. The van der Waals surface area contributed by atoms with E-state index in [0.717, 1.165) is 0 Å². The van der Waals surface area contributed by atoms with Gasteiger partial charge in [-0.1, -0.05) is 0 Å². The Hall–Kier alpha value is -0.820. The van der Waals surface area contributed by atoms with E-state index in [9.17, 15) is 18.0 Å². The van der Waals surface area contributed by atoms with Crippen LogP contribution in [0.25, 0.3) is 0 Å². The van der Waals surface area contributed by atoms with Crippen LogP contribution in [0.3, 0.4) is 0 Å². The van der Waals surface area contributed by atoms with Gasteiger partial charge in [-0.2, -0.15) is 13.2 Å². The fourth-order valence-corrected chi connectivity index (χ4v) is 0.923. The Labute approximate surface area is 65.3 Å². The fourth-order valence-electron chi connectivity index (χ4n) is 0.923. The molecule has 0 aliphatic carbocycles. The van der Waals surface area contributed by atoms with Gasteiger partial charge in [-0.15, -0.1) is 0 Å². The number of hydrogen-bond donors (Lipinski definition) is 2. The van der Waals surface area contributed by atoms with Gasteiger partial charge < -0.3 is 9.84 Å². The van der Waals surface area contributed by atoms with Gasteiger partial charge in [0, 0.05) is 6.54 Å². The van der Waals surface area contributed by atoms with E-state index < -0.39 is 17.9 Å². The molecule has 7 heteroatoms. The van der Waals surface area contributed by atoms with Crippen molar-refractivity contribution in [3.8, 4) is 0 Å². The van der Waals surface area contributed by atoms with Crippen molar-refractivity contribution in [2.75, 3.05) is 13.2 Å². The molecule has 0 aromatic heterocycles. The lowest BCUT2D eigenvalue weighted by molar-refractivity contribution is -0.268. The molecule has 1 unspecified atom stereocenters. The van der Waals surface area contributed by atoms with Crippen LogP contribution in [0.1, 0.15) is 0 Å². The number of rotatable bonds is 1. The van der Waals surface area contributed by atoms with E-state index in [2.05, 4.69) is 4.74 Å². The zero-order valence-corrected chi connectivity index (χ0v) is 5.81. The van der Waals surface area contributed by atoms with E-state index in [1.807, 2.05) is 0 Å². The summed E-state index contributed by atoms with van der Waals surface area (Å²) in [5.41, 5.74) is -3.20. The summed E-state index contributed by atoms with van der Waals surface area (Å²) in [4.78, 5) is 10.3. The molecule has 0 aromatic rings. The second-order valence-electron chi connectivity index (χ2n) is 2.26. The van der Waals surface area contributed by atoms with Crippen LogP contribution in [0.15, 0.2) is 0 Å². The summed E-state index contributed by atoms with van der Waals surface area (Å²) in [7, 11) is 0. The summed E-state index contributed by atoms with van der Waals surface area (Å²) in [5, 5.41) is 10.1. The lowest BCUT2D eigenvalue weighted by Gasteiger charge is -2.25. The predicted octanol–water partition coefficient (Wildman–Crippen LogP) is -0.0506. The lowest BCUT2D eigenvalue weighted by atomic mass is 10.2. The molecule has 1 heterocycles. The van der Waals surface area contributed by atoms with Crippen LogP contribution in [0, 0.1) is 0 Å². The summed E-state index contributed by atoms with van der Waals surface area (Å²) < 4.78 is 40.4. The van der Waals surface area contributed by atoms with Crippen LogP contribution in [-0.2, 0) is 9.53 Å². The molecule has 1 aliphatic rings. The minimum Gasteiger partial charge on any atom is -0.478 e. The normalized spacial score (nSPS) is 30.6. The van der Waals surface area contributed by atoms with Gasteiger partial charge in [0.2, 0.25) is 0 Å². The molecule has 70 valence electrons. The summed E-state index contributed by atoms with van der Waals surface area (Å²) in [5.74, 6) is -2.06. The molecule has 1 aliphatic heterocycles. The number of ether oxygens (including phenoxy) is 1. The maximum absolute atomic E-state index is 12.1. The third kappa shape index (κ3) is 1.14. The molecule has 1 fully saturated rings. The standard InChI is InChI=1S/C5H6F3NO3/c6-5(7,8)4(3(10)11)9-1-2-12-4/h9H,1-2H2,(H,10,11). The number of nitrogens with one attached hydrogen (secondary N) is 1. The van der Waals surface area contributed by atoms with Crippen LogP contribution < -0.4 is 5.32 Å². The molecule has 2 N–H and O–H groups in total. The van der Waals surface area contributed by atoms with E-state index in [4.69, 9.17) is 5.11 Å². The van der Waals surface area contributed by atoms with Crippen molar-refractivity contribution in [1.82, 2.24) is 5.32 Å². The van der Waals surface area contributed by atoms with Gasteiger partial charge in [-0.25, -0.2) is 4.79 Å². The highest BCUT2D eigenvalue weighted by molar-refractivity contribution is 5.78. The SMILES string of the molecule is O=C(O)C1(C(F)(F)F)NCCO1. The Morgan fingerprint density at radius 1 is 1.58 bits per heavy atom. The second kappa shape index (κ2) is 2.60. The van der Waals surface area contributed by atoms with Crippen molar-refractivity contribution in [3.05, 3.63) is 0 Å². The summed E-state index contributed by atoms with van der Waals surface area (Å²) in [6.45, 7) is -0.377. The van der Waals surface area contributed by atoms with Crippen molar-refractivity contribution in [2.45, 2.75) is 11.9 Å². The van der Waals surface area contributed by atoms with Gasteiger partial charge in [0.15, 0.2) is 0 Å². The van der Waals surface area contributed by atoms with Crippen LogP contribution in [-0.4, -0.2) is 36.1 Å². The molecule has 0 bridgehead atoms. The Morgan fingerprint density at radius 3 is 2.33 bits per heavy atom. The molecule has 12 heavy (non-hydrogen) atoms. The van der Waals surface area contributed by atoms with Crippen LogP contribution in [0.4, 0.5) is 13.2 Å². The van der Waals surface area contributed by atoms with E-state index in [1.165, 1.54) is 0 Å². The number of carbonyl (C=O) groups is 1. The van der Waals surface area contributed by atoms with Gasteiger partial charge in [0.1, 0.15) is 0 Å². The molecule has 4 nitrogen and oxygen atoms in total. The summed E-state index contributed by atoms with van der Waals surface area (Å²) in [6.07, 6.45) is -4.94. The van der Waals surface area contributed by atoms with Crippen LogP contribution in [0.2, 0.25) is 0 Å². The second-order valence-corrected chi connectivity index (χ2v) is 2.26. The van der Waals surface area contributed by atoms with Gasteiger partial charge in [0.05, 0.1) is 6.61 Å². The van der Waals surface area contributed by atoms with Crippen molar-refractivity contribution in [3.63, 3.8) is 0 Å². The van der Waals surface area contributed by atoms with Gasteiger partial charge in [0.25, 0.3) is 0 Å². The molecule has 1 rings (SSSR count). The molecule has 0 spiro atoms. The maximum Gasteiger partial charge on any atom is 0.442 e. The van der Waals surface area contributed by atoms with E-state index >= 15 is 0 Å². The third-order valence-corrected chi connectivity index (χ3v) is 1.49. The molecule has 0 amide bonds. The lowest BCUT2D eigenvalue weighted by Crippen LogP contribution is -2.60. The molecular weight excluding hydrogens is 179 g/mol. The van der Waals surface area contributed by atoms with Crippen LogP contribution >= 0.6 is 0 Å². The zero-order valence-electron chi connectivity index (χ0n) is 5.81. The van der Waals surface area contributed by atoms with Gasteiger partial charge >= 0.3 is 17.9 Å². The van der Waals surface area contributed by atoms with E-state index in [0.29, 0.717) is 0 Å². The van der Waals surface area contributed by atoms with Crippen LogP contribution in [0.5, 0.6) is 0 Å². The largest absolute Gasteiger partial charge is 0.478 e. The Bertz CT molecular complexity index is 197. The average molecular weight is 185 g/mol. The van der Waals surface area contributed by atoms with Crippen molar-refractivity contribution >= 4 is 5.97 Å². The minimum absolute atomic E-state index is 0.119. The number of alkyl halides is 3. The highest BCUT2D eigenvalue weighted by Crippen LogP contribution is 2.33. The van der Waals surface area contributed by atoms with Crippen molar-refractivity contribution in [2.24, 2.45) is 0 Å².